The van der Waals surface area contributed by atoms with E-state index in [1.165, 1.54) is 6.92 Å². The lowest BCUT2D eigenvalue weighted by atomic mass is 10.0. The van der Waals surface area contributed by atoms with Crippen molar-refractivity contribution in [1.29, 1.82) is 0 Å². The standard InChI is InChI=1S/C12H21BrO3Si/c1-6-16-12(15)10(9(2)14)7-8-11(13)17(3,4)5/h8,10H,6-7H2,1-5H3/b11-8+. The Morgan fingerprint density at radius 1 is 1.35 bits per heavy atom. The molecule has 0 aromatic carbocycles. The first-order chi connectivity index (χ1) is 7.70. The summed E-state index contributed by atoms with van der Waals surface area (Å²) in [6.07, 6.45) is 2.36. The zero-order valence-electron chi connectivity index (χ0n) is 11.2. The second-order valence-electron chi connectivity index (χ2n) is 4.95. The fourth-order valence-electron chi connectivity index (χ4n) is 1.20. The molecule has 98 valence electrons. The number of ketones is 1. The monoisotopic (exact) mass is 320 g/mol. The van der Waals surface area contributed by atoms with Crippen molar-refractivity contribution in [2.45, 2.75) is 39.9 Å². The van der Waals surface area contributed by atoms with Crippen LogP contribution < -0.4 is 0 Å². The predicted octanol–water partition coefficient (Wildman–Crippen LogP) is 3.30. The Morgan fingerprint density at radius 2 is 1.88 bits per heavy atom. The molecule has 0 aromatic rings. The number of halogens is 1. The lowest BCUT2D eigenvalue weighted by molar-refractivity contribution is -0.150. The normalized spacial score (nSPS) is 14.4. The molecular formula is C12H21BrO3Si. The second kappa shape index (κ2) is 7.11. The topological polar surface area (TPSA) is 43.4 Å². The highest BCUT2D eigenvalue weighted by Crippen LogP contribution is 2.22. The molecule has 1 unspecified atom stereocenters. The van der Waals surface area contributed by atoms with Crippen LogP contribution >= 0.6 is 15.9 Å². The van der Waals surface area contributed by atoms with Crippen LogP contribution in [0.4, 0.5) is 0 Å². The molecule has 0 heterocycles. The minimum atomic E-state index is -1.40. The molecule has 0 amide bonds. The smallest absolute Gasteiger partial charge is 0.316 e. The molecule has 0 aliphatic rings. The molecule has 0 saturated carbocycles. The van der Waals surface area contributed by atoms with E-state index >= 15 is 0 Å². The summed E-state index contributed by atoms with van der Waals surface area (Å²) >= 11 is 3.52. The van der Waals surface area contributed by atoms with E-state index in [1.54, 1.807) is 6.92 Å². The molecule has 1 atom stereocenters. The van der Waals surface area contributed by atoms with Crippen LogP contribution in [-0.4, -0.2) is 26.4 Å². The van der Waals surface area contributed by atoms with Crippen LogP contribution in [-0.2, 0) is 14.3 Å². The first kappa shape index (κ1) is 16.6. The lowest BCUT2D eigenvalue weighted by Crippen LogP contribution is -2.25. The van der Waals surface area contributed by atoms with Gasteiger partial charge in [0, 0.05) is 0 Å². The van der Waals surface area contributed by atoms with Crippen LogP contribution in [0.25, 0.3) is 0 Å². The number of Topliss-reactive ketones (excluding diaryl/α,β-unsaturated/α-hetero) is 1. The number of esters is 1. The van der Waals surface area contributed by atoms with Gasteiger partial charge in [-0.25, -0.2) is 0 Å². The summed E-state index contributed by atoms with van der Waals surface area (Å²) in [6, 6.07) is 0. The number of hydrogen-bond donors (Lipinski definition) is 0. The number of allylic oxidation sites excluding steroid dienone is 1. The molecule has 0 rings (SSSR count). The molecule has 0 saturated heterocycles. The van der Waals surface area contributed by atoms with Crippen LogP contribution in [0.2, 0.25) is 19.6 Å². The minimum Gasteiger partial charge on any atom is -0.465 e. The zero-order chi connectivity index (χ0) is 13.6. The largest absolute Gasteiger partial charge is 0.465 e. The molecule has 0 spiro atoms. The fraction of sp³-hybridized carbons (Fsp3) is 0.667. The molecule has 0 aliphatic carbocycles. The van der Waals surface area contributed by atoms with Gasteiger partial charge in [-0.2, -0.15) is 0 Å². The van der Waals surface area contributed by atoms with E-state index in [1.807, 2.05) is 6.08 Å². The van der Waals surface area contributed by atoms with Crippen molar-refractivity contribution in [3.05, 3.63) is 10.2 Å². The number of carbonyl (C=O) groups excluding carboxylic acids is 2. The molecule has 0 radical (unpaired) electrons. The Labute approximate surface area is 113 Å². The summed E-state index contributed by atoms with van der Waals surface area (Å²) in [6.45, 7) is 10.1. The van der Waals surface area contributed by atoms with E-state index in [-0.39, 0.29) is 5.78 Å². The van der Waals surface area contributed by atoms with Crippen LogP contribution in [0, 0.1) is 5.92 Å². The predicted molar refractivity (Wildman–Crippen MR) is 75.8 cm³/mol. The van der Waals surface area contributed by atoms with E-state index in [9.17, 15) is 9.59 Å². The van der Waals surface area contributed by atoms with E-state index in [4.69, 9.17) is 4.74 Å². The summed E-state index contributed by atoms with van der Waals surface area (Å²) < 4.78 is 6.02. The number of carbonyl (C=O) groups is 2. The lowest BCUT2D eigenvalue weighted by Gasteiger charge is -2.16. The second-order valence-corrected chi connectivity index (χ2v) is 11.6. The highest BCUT2D eigenvalue weighted by Gasteiger charge is 2.25. The molecule has 0 N–H and O–H groups in total. The Kier molecular flexibility index (Phi) is 6.93. The first-order valence-electron chi connectivity index (χ1n) is 5.73. The van der Waals surface area contributed by atoms with Gasteiger partial charge in [-0.15, -0.1) is 0 Å². The minimum absolute atomic E-state index is 0.143. The maximum atomic E-state index is 11.6. The highest BCUT2D eigenvalue weighted by atomic mass is 79.9. The van der Waals surface area contributed by atoms with Gasteiger partial charge in [-0.3, -0.25) is 9.59 Å². The summed E-state index contributed by atoms with van der Waals surface area (Å²) in [7, 11) is -1.40. The van der Waals surface area contributed by atoms with Crippen molar-refractivity contribution in [1.82, 2.24) is 0 Å². The van der Waals surface area contributed by atoms with Gasteiger partial charge in [-0.05, 0) is 24.4 Å². The Hall–Kier alpha value is -0.423. The molecular weight excluding hydrogens is 300 g/mol. The third-order valence-corrected chi connectivity index (χ3v) is 7.84. The molecule has 0 aliphatic heterocycles. The van der Waals surface area contributed by atoms with Gasteiger partial charge in [0.05, 0.1) is 14.7 Å². The van der Waals surface area contributed by atoms with Crippen molar-refractivity contribution in [2.75, 3.05) is 6.61 Å². The van der Waals surface area contributed by atoms with Crippen LogP contribution in [0.1, 0.15) is 20.3 Å². The molecule has 0 aromatic heterocycles. The van der Waals surface area contributed by atoms with Gasteiger partial charge in [0.1, 0.15) is 11.7 Å². The van der Waals surface area contributed by atoms with Crippen molar-refractivity contribution >= 4 is 35.8 Å². The van der Waals surface area contributed by atoms with Gasteiger partial charge >= 0.3 is 5.97 Å². The maximum Gasteiger partial charge on any atom is 0.316 e. The third-order valence-electron chi connectivity index (χ3n) is 2.31. The fourth-order valence-corrected chi connectivity index (χ4v) is 2.12. The molecule has 17 heavy (non-hydrogen) atoms. The number of rotatable bonds is 6. The third kappa shape index (κ3) is 6.17. The maximum absolute atomic E-state index is 11.6. The SMILES string of the molecule is CCOC(=O)C(C/C=C(\Br)[Si](C)(C)C)C(C)=O. The quantitative estimate of drug-likeness (QED) is 0.428. The van der Waals surface area contributed by atoms with Crippen molar-refractivity contribution in [3.8, 4) is 0 Å². The summed E-state index contributed by atoms with van der Waals surface area (Å²) in [5, 5.41) is 0. The van der Waals surface area contributed by atoms with Gasteiger partial charge < -0.3 is 4.74 Å². The van der Waals surface area contributed by atoms with E-state index in [0.717, 1.165) is 4.11 Å². The van der Waals surface area contributed by atoms with Gasteiger partial charge in [0.2, 0.25) is 0 Å². The van der Waals surface area contributed by atoms with Crippen LogP contribution in [0.5, 0.6) is 0 Å². The van der Waals surface area contributed by atoms with Gasteiger partial charge in [0.15, 0.2) is 0 Å². The van der Waals surface area contributed by atoms with Gasteiger partial charge in [-0.1, -0.05) is 41.6 Å². The van der Waals surface area contributed by atoms with Crippen molar-refractivity contribution in [3.63, 3.8) is 0 Å². The molecule has 5 heteroatoms. The molecule has 0 bridgehead atoms. The van der Waals surface area contributed by atoms with Crippen LogP contribution in [0.3, 0.4) is 0 Å². The van der Waals surface area contributed by atoms with Crippen molar-refractivity contribution < 1.29 is 14.3 Å². The van der Waals surface area contributed by atoms with Crippen LogP contribution in [0.15, 0.2) is 10.2 Å². The molecule has 0 fully saturated rings. The Morgan fingerprint density at radius 3 is 2.24 bits per heavy atom. The van der Waals surface area contributed by atoms with E-state index in [2.05, 4.69) is 35.6 Å². The van der Waals surface area contributed by atoms with E-state index in [0.29, 0.717) is 13.0 Å². The summed E-state index contributed by atoms with van der Waals surface area (Å²) in [4.78, 5) is 23.0. The average molecular weight is 321 g/mol. The summed E-state index contributed by atoms with van der Waals surface area (Å²) in [5.74, 6) is -1.23. The Balaban J connectivity index is 4.69. The van der Waals surface area contributed by atoms with E-state index < -0.39 is 20.0 Å². The molecule has 3 nitrogen and oxygen atoms in total. The highest BCUT2D eigenvalue weighted by molar-refractivity contribution is 9.12. The number of hydrogen-bond acceptors (Lipinski definition) is 3. The number of ether oxygens (including phenoxy) is 1. The zero-order valence-corrected chi connectivity index (χ0v) is 13.8. The summed E-state index contributed by atoms with van der Waals surface area (Å²) in [5.41, 5.74) is 0. The Bertz CT molecular complexity index is 318. The van der Waals surface area contributed by atoms with Crippen molar-refractivity contribution in [2.24, 2.45) is 5.92 Å². The first-order valence-corrected chi connectivity index (χ1v) is 10.0. The average Bonchev–Trinajstić information content (AvgIpc) is 2.16. The van der Waals surface area contributed by atoms with Gasteiger partial charge in [0.25, 0.3) is 0 Å².